The van der Waals surface area contributed by atoms with E-state index in [1.807, 2.05) is 26.8 Å². The average Bonchev–Trinajstić information content (AvgIpc) is 2.85. The van der Waals surface area contributed by atoms with Gasteiger partial charge in [0.1, 0.15) is 5.75 Å². The zero-order chi connectivity index (χ0) is 19.9. The number of amides is 1. The summed E-state index contributed by atoms with van der Waals surface area (Å²) in [6, 6.07) is 9.97. The maximum atomic E-state index is 12.9. The van der Waals surface area contributed by atoms with Crippen LogP contribution in [0.15, 0.2) is 46.9 Å². The van der Waals surface area contributed by atoms with Crippen LogP contribution in [0.2, 0.25) is 0 Å². The number of benzene rings is 2. The average molecular weight is 386 g/mol. The van der Waals surface area contributed by atoms with Gasteiger partial charge < -0.3 is 9.64 Å². The molecular formula is C20H22N2O4S. The van der Waals surface area contributed by atoms with Crippen molar-refractivity contribution in [3.05, 3.63) is 53.1 Å². The van der Waals surface area contributed by atoms with E-state index in [-0.39, 0.29) is 10.8 Å². The molecule has 142 valence electrons. The summed E-state index contributed by atoms with van der Waals surface area (Å²) in [6.07, 6.45) is 0. The third kappa shape index (κ3) is 3.30. The fourth-order valence-corrected chi connectivity index (χ4v) is 4.24. The van der Waals surface area contributed by atoms with Crippen LogP contribution in [-0.4, -0.2) is 28.5 Å². The quantitative estimate of drug-likeness (QED) is 0.815. The zero-order valence-electron chi connectivity index (χ0n) is 16.0. The summed E-state index contributed by atoms with van der Waals surface area (Å²) < 4.78 is 33.7. The van der Waals surface area contributed by atoms with E-state index in [0.29, 0.717) is 28.3 Å². The van der Waals surface area contributed by atoms with Crippen LogP contribution in [0.3, 0.4) is 0 Å². The number of fused-ring (bicyclic) bond motifs is 1. The number of rotatable bonds is 4. The van der Waals surface area contributed by atoms with Gasteiger partial charge in [0.05, 0.1) is 23.4 Å². The van der Waals surface area contributed by atoms with Crippen molar-refractivity contribution in [2.24, 2.45) is 0 Å². The van der Waals surface area contributed by atoms with E-state index in [0.717, 1.165) is 11.1 Å². The summed E-state index contributed by atoms with van der Waals surface area (Å²) in [5, 5.41) is 0. The van der Waals surface area contributed by atoms with E-state index in [9.17, 15) is 13.2 Å². The second kappa shape index (κ2) is 6.74. The molecule has 2 aromatic carbocycles. The smallest absolute Gasteiger partial charge is 0.262 e. The third-order valence-electron chi connectivity index (χ3n) is 4.53. The molecular weight excluding hydrogens is 364 g/mol. The molecule has 27 heavy (non-hydrogen) atoms. The van der Waals surface area contributed by atoms with Crippen LogP contribution in [0.1, 0.15) is 25.0 Å². The summed E-state index contributed by atoms with van der Waals surface area (Å²) in [7, 11) is -0.683. The van der Waals surface area contributed by atoms with Crippen molar-refractivity contribution in [3.8, 4) is 5.75 Å². The molecule has 1 aliphatic heterocycles. The van der Waals surface area contributed by atoms with Gasteiger partial charge in [-0.15, -0.1) is 0 Å². The molecule has 0 unspecified atom stereocenters. The topological polar surface area (TPSA) is 75.7 Å². The van der Waals surface area contributed by atoms with E-state index in [2.05, 4.69) is 4.72 Å². The number of ether oxygens (including phenoxy) is 1. The molecule has 0 aliphatic carbocycles. The zero-order valence-corrected chi connectivity index (χ0v) is 16.8. The SMILES string of the molecule is COc1ccc(C)cc1NS(=O)(=O)c1ccc2c(c1)C(=C(C)C)C(=O)N2C. The molecule has 1 heterocycles. The van der Waals surface area contributed by atoms with Crippen LogP contribution in [0.25, 0.3) is 5.57 Å². The minimum Gasteiger partial charge on any atom is -0.495 e. The number of nitrogens with one attached hydrogen (secondary N) is 1. The first-order chi connectivity index (χ1) is 12.7. The van der Waals surface area contributed by atoms with E-state index in [4.69, 9.17) is 4.74 Å². The first-order valence-electron chi connectivity index (χ1n) is 8.43. The van der Waals surface area contributed by atoms with E-state index < -0.39 is 10.0 Å². The molecule has 1 aliphatic rings. The lowest BCUT2D eigenvalue weighted by Crippen LogP contribution is -2.20. The van der Waals surface area contributed by atoms with Crippen LogP contribution >= 0.6 is 0 Å². The molecule has 2 aromatic rings. The molecule has 0 saturated heterocycles. The van der Waals surface area contributed by atoms with Crippen molar-refractivity contribution >= 4 is 32.9 Å². The van der Waals surface area contributed by atoms with Crippen LogP contribution in [-0.2, 0) is 14.8 Å². The molecule has 3 rings (SSSR count). The van der Waals surface area contributed by atoms with Gasteiger partial charge >= 0.3 is 0 Å². The summed E-state index contributed by atoms with van der Waals surface area (Å²) >= 11 is 0. The molecule has 0 saturated carbocycles. The minimum atomic E-state index is -3.85. The second-order valence-corrected chi connectivity index (χ2v) is 8.41. The van der Waals surface area contributed by atoms with Gasteiger partial charge in [-0.05, 0) is 56.7 Å². The Hall–Kier alpha value is -2.80. The Morgan fingerprint density at radius 1 is 1.11 bits per heavy atom. The van der Waals surface area contributed by atoms with Crippen LogP contribution in [0.5, 0.6) is 5.75 Å². The van der Waals surface area contributed by atoms with Crippen molar-refractivity contribution < 1.29 is 17.9 Å². The first-order valence-corrected chi connectivity index (χ1v) is 9.91. The maximum absolute atomic E-state index is 12.9. The van der Waals surface area contributed by atoms with Crippen molar-refractivity contribution in [1.29, 1.82) is 0 Å². The number of anilines is 2. The normalized spacial score (nSPS) is 13.6. The molecule has 0 aromatic heterocycles. The maximum Gasteiger partial charge on any atom is 0.262 e. The number of methoxy groups -OCH3 is 1. The Balaban J connectivity index is 2.07. The highest BCUT2D eigenvalue weighted by Crippen LogP contribution is 2.39. The molecule has 0 atom stereocenters. The number of carbonyl (C=O) groups is 1. The van der Waals surface area contributed by atoms with Gasteiger partial charge in [-0.25, -0.2) is 8.42 Å². The van der Waals surface area contributed by atoms with Gasteiger partial charge in [0.15, 0.2) is 0 Å². The Morgan fingerprint density at radius 3 is 2.44 bits per heavy atom. The van der Waals surface area contributed by atoms with Crippen LogP contribution in [0.4, 0.5) is 11.4 Å². The molecule has 0 fully saturated rings. The number of allylic oxidation sites excluding steroid dienone is 1. The Kier molecular flexibility index (Phi) is 4.73. The van der Waals surface area contributed by atoms with Crippen LogP contribution in [0, 0.1) is 6.92 Å². The largest absolute Gasteiger partial charge is 0.495 e. The van der Waals surface area contributed by atoms with Crippen LogP contribution < -0.4 is 14.4 Å². The second-order valence-electron chi connectivity index (χ2n) is 6.73. The molecule has 6 nitrogen and oxygen atoms in total. The van der Waals surface area contributed by atoms with E-state index in [1.165, 1.54) is 18.1 Å². The van der Waals surface area contributed by atoms with Gasteiger partial charge in [-0.3, -0.25) is 9.52 Å². The highest BCUT2D eigenvalue weighted by molar-refractivity contribution is 7.92. The lowest BCUT2D eigenvalue weighted by Gasteiger charge is -2.14. The molecule has 7 heteroatoms. The summed E-state index contributed by atoms with van der Waals surface area (Å²) in [5.74, 6) is 0.304. The lowest BCUT2D eigenvalue weighted by molar-refractivity contribution is -0.112. The van der Waals surface area contributed by atoms with E-state index >= 15 is 0 Å². The van der Waals surface area contributed by atoms with Crippen molar-refractivity contribution in [2.45, 2.75) is 25.7 Å². The number of likely N-dealkylation sites (N-methyl/N-ethyl adjacent to an activating group) is 1. The molecule has 0 radical (unpaired) electrons. The van der Waals surface area contributed by atoms with Gasteiger partial charge in [-0.1, -0.05) is 11.6 Å². The minimum absolute atomic E-state index is 0.0895. The first kappa shape index (κ1) is 19.0. The van der Waals surface area contributed by atoms with Gasteiger partial charge in [0, 0.05) is 18.2 Å². The van der Waals surface area contributed by atoms with Crippen molar-refractivity contribution in [3.63, 3.8) is 0 Å². The lowest BCUT2D eigenvalue weighted by atomic mass is 10.0. The number of nitrogens with zero attached hydrogens (tertiary/aromatic N) is 1. The molecule has 1 N–H and O–H groups in total. The Bertz CT molecular complexity index is 1070. The van der Waals surface area contributed by atoms with Crippen molar-refractivity contribution in [2.75, 3.05) is 23.8 Å². The Labute approximate surface area is 159 Å². The fraction of sp³-hybridized carbons (Fsp3) is 0.250. The molecule has 0 spiro atoms. The predicted molar refractivity (Wildman–Crippen MR) is 107 cm³/mol. The summed E-state index contributed by atoms with van der Waals surface area (Å²) in [5.41, 5.74) is 3.98. The number of aryl methyl sites for hydroxylation is 1. The van der Waals surface area contributed by atoms with Gasteiger partial charge in [0.25, 0.3) is 15.9 Å². The number of hydrogen-bond donors (Lipinski definition) is 1. The molecule has 0 bridgehead atoms. The van der Waals surface area contributed by atoms with Crippen molar-refractivity contribution in [1.82, 2.24) is 0 Å². The highest BCUT2D eigenvalue weighted by atomic mass is 32.2. The number of hydrogen-bond acceptors (Lipinski definition) is 4. The number of sulfonamides is 1. The third-order valence-corrected chi connectivity index (χ3v) is 5.89. The fourth-order valence-electron chi connectivity index (χ4n) is 3.16. The Morgan fingerprint density at radius 2 is 1.81 bits per heavy atom. The predicted octanol–water partition coefficient (Wildman–Crippen LogP) is 3.57. The summed E-state index contributed by atoms with van der Waals surface area (Å²) in [4.78, 5) is 14.1. The highest BCUT2D eigenvalue weighted by Gasteiger charge is 2.32. The van der Waals surface area contributed by atoms with Gasteiger partial charge in [0.2, 0.25) is 0 Å². The standard InChI is InChI=1S/C20H22N2O4S/c1-12(2)19-15-11-14(7-8-17(15)22(4)20(19)23)27(24,25)21-16-10-13(3)6-9-18(16)26-5/h6-11,21H,1-5H3. The number of carbonyl (C=O) groups excluding carboxylic acids is 1. The molecule has 1 amide bonds. The van der Waals surface area contributed by atoms with E-state index in [1.54, 1.807) is 31.3 Å². The monoisotopic (exact) mass is 386 g/mol. The van der Waals surface area contributed by atoms with Gasteiger partial charge in [-0.2, -0.15) is 0 Å². The summed E-state index contributed by atoms with van der Waals surface area (Å²) in [6.45, 7) is 5.55.